The quantitative estimate of drug-likeness (QED) is 0.836. The number of rotatable bonds is 2. The maximum Gasteiger partial charge on any atom is 0.219 e. The highest BCUT2D eigenvalue weighted by Gasteiger charge is 2.35. The van der Waals surface area contributed by atoms with Crippen molar-refractivity contribution < 1.29 is 14.3 Å². The van der Waals surface area contributed by atoms with Crippen LogP contribution in [0.1, 0.15) is 25.3 Å². The highest BCUT2D eigenvalue weighted by atomic mass is 16.6. The Labute approximate surface area is 137 Å². The predicted octanol–water partition coefficient (Wildman–Crippen LogP) is 1.90. The summed E-state index contributed by atoms with van der Waals surface area (Å²) in [5.74, 6) is 2.53. The summed E-state index contributed by atoms with van der Waals surface area (Å²) in [6, 6.07) is 6.73. The molecule has 0 saturated carbocycles. The van der Waals surface area contributed by atoms with E-state index < -0.39 is 0 Å². The van der Waals surface area contributed by atoms with E-state index in [1.165, 1.54) is 18.4 Å². The van der Waals surface area contributed by atoms with Crippen molar-refractivity contribution in [2.24, 2.45) is 5.92 Å². The molecule has 4 aliphatic heterocycles. The standard InChI is InChI=1S/C18H24N2O3/c1-13(21)19-10-15-2-4-16(12-19)20(11-15)9-14-3-5-17-18(8-14)23-7-6-22-17/h3,5,8,15-16H,2,4,6-7,9-12H2,1H3/t15-,16+/m1/s1. The maximum absolute atomic E-state index is 11.8. The number of hydrogen-bond donors (Lipinski definition) is 0. The summed E-state index contributed by atoms with van der Waals surface area (Å²) in [6.07, 6.45) is 2.44. The minimum atomic E-state index is 0.211. The second-order valence-electron chi connectivity index (χ2n) is 6.93. The minimum absolute atomic E-state index is 0.211. The zero-order valence-corrected chi connectivity index (χ0v) is 13.7. The lowest BCUT2D eigenvalue weighted by Gasteiger charge is -2.36. The van der Waals surface area contributed by atoms with E-state index in [1.54, 1.807) is 6.92 Å². The van der Waals surface area contributed by atoms with Gasteiger partial charge in [0.05, 0.1) is 0 Å². The third-order valence-corrected chi connectivity index (χ3v) is 5.26. The van der Waals surface area contributed by atoms with Crippen LogP contribution < -0.4 is 9.47 Å². The van der Waals surface area contributed by atoms with Gasteiger partial charge in [0.25, 0.3) is 0 Å². The van der Waals surface area contributed by atoms with Gasteiger partial charge in [0.1, 0.15) is 13.2 Å². The third-order valence-electron chi connectivity index (χ3n) is 5.26. The minimum Gasteiger partial charge on any atom is -0.486 e. The lowest BCUT2D eigenvalue weighted by atomic mass is 9.94. The van der Waals surface area contributed by atoms with Crippen molar-refractivity contribution >= 4 is 5.91 Å². The molecule has 0 aromatic heterocycles. The zero-order chi connectivity index (χ0) is 15.8. The van der Waals surface area contributed by atoms with Crippen LogP contribution in [0, 0.1) is 5.92 Å². The van der Waals surface area contributed by atoms with Crippen molar-refractivity contribution in [3.8, 4) is 11.5 Å². The van der Waals surface area contributed by atoms with E-state index >= 15 is 0 Å². The van der Waals surface area contributed by atoms with Crippen LogP contribution in [0.4, 0.5) is 0 Å². The molecular weight excluding hydrogens is 292 g/mol. The van der Waals surface area contributed by atoms with E-state index in [2.05, 4.69) is 17.0 Å². The van der Waals surface area contributed by atoms with Gasteiger partial charge in [0.2, 0.25) is 5.91 Å². The highest BCUT2D eigenvalue weighted by Crippen LogP contribution is 2.33. The number of hydrogen-bond acceptors (Lipinski definition) is 4. The molecule has 5 heteroatoms. The van der Waals surface area contributed by atoms with Crippen LogP contribution in [0.25, 0.3) is 0 Å². The van der Waals surface area contributed by atoms with E-state index in [0.29, 0.717) is 25.2 Å². The molecule has 1 amide bonds. The van der Waals surface area contributed by atoms with Crippen molar-refractivity contribution in [1.29, 1.82) is 0 Å². The second kappa shape index (κ2) is 6.04. The van der Waals surface area contributed by atoms with Crippen LogP contribution in [-0.4, -0.2) is 54.6 Å². The molecule has 5 rings (SSSR count). The molecule has 5 nitrogen and oxygen atoms in total. The SMILES string of the molecule is CC(=O)N1C[C@H]2CC[C@@H](C1)N(Cc1ccc3c(c1)OCCO3)C2. The van der Waals surface area contributed by atoms with Crippen LogP contribution in [0.15, 0.2) is 18.2 Å². The van der Waals surface area contributed by atoms with Crippen LogP contribution >= 0.6 is 0 Å². The first-order valence-corrected chi connectivity index (χ1v) is 8.57. The van der Waals surface area contributed by atoms with Gasteiger partial charge in [0, 0.05) is 39.1 Å². The molecule has 124 valence electrons. The van der Waals surface area contributed by atoms with Gasteiger partial charge in [-0.25, -0.2) is 0 Å². The van der Waals surface area contributed by atoms with E-state index in [-0.39, 0.29) is 5.91 Å². The number of fused-ring (bicyclic) bond motifs is 5. The van der Waals surface area contributed by atoms with Gasteiger partial charge in [0.15, 0.2) is 11.5 Å². The summed E-state index contributed by atoms with van der Waals surface area (Å²) in [5, 5.41) is 0. The summed E-state index contributed by atoms with van der Waals surface area (Å²) in [7, 11) is 0. The van der Waals surface area contributed by atoms with Gasteiger partial charge in [-0.3, -0.25) is 9.69 Å². The first-order valence-electron chi connectivity index (χ1n) is 8.57. The van der Waals surface area contributed by atoms with Crippen LogP contribution in [0.2, 0.25) is 0 Å². The average molecular weight is 316 g/mol. The Bertz CT molecular complexity index is 604. The number of benzene rings is 1. The van der Waals surface area contributed by atoms with Crippen LogP contribution in [0.5, 0.6) is 11.5 Å². The Balaban J connectivity index is 1.49. The molecule has 2 bridgehead atoms. The number of nitrogens with zero attached hydrogens (tertiary/aromatic N) is 2. The summed E-state index contributed by atoms with van der Waals surface area (Å²) in [4.78, 5) is 16.4. The van der Waals surface area contributed by atoms with Crippen LogP contribution in [-0.2, 0) is 11.3 Å². The molecule has 4 aliphatic rings. The second-order valence-corrected chi connectivity index (χ2v) is 6.93. The Morgan fingerprint density at radius 1 is 1.13 bits per heavy atom. The first kappa shape index (κ1) is 14.8. The number of carbonyl (C=O) groups is 1. The van der Waals surface area contributed by atoms with Gasteiger partial charge in [-0.1, -0.05) is 6.07 Å². The summed E-state index contributed by atoms with van der Waals surface area (Å²) in [6.45, 7) is 6.74. The number of amides is 1. The summed E-state index contributed by atoms with van der Waals surface area (Å²) >= 11 is 0. The summed E-state index contributed by atoms with van der Waals surface area (Å²) < 4.78 is 11.3. The molecule has 2 atom stereocenters. The average Bonchev–Trinajstić information content (AvgIpc) is 2.87. The third kappa shape index (κ3) is 3.02. The fraction of sp³-hybridized carbons (Fsp3) is 0.611. The normalized spacial score (nSPS) is 26.9. The fourth-order valence-corrected chi connectivity index (χ4v) is 4.05. The Morgan fingerprint density at radius 2 is 1.96 bits per heavy atom. The number of piperidine rings is 1. The Morgan fingerprint density at radius 3 is 2.78 bits per heavy atom. The predicted molar refractivity (Wildman–Crippen MR) is 86.6 cm³/mol. The van der Waals surface area contributed by atoms with Crippen molar-refractivity contribution in [3.63, 3.8) is 0 Å². The molecule has 0 N–H and O–H groups in total. The molecule has 0 spiro atoms. The molecule has 23 heavy (non-hydrogen) atoms. The van der Waals surface area contributed by atoms with E-state index in [4.69, 9.17) is 9.47 Å². The molecular formula is C18H24N2O3. The largest absolute Gasteiger partial charge is 0.486 e. The lowest BCUT2D eigenvalue weighted by Crippen LogP contribution is -2.43. The van der Waals surface area contributed by atoms with Gasteiger partial charge in [-0.05, 0) is 36.5 Å². The molecule has 3 saturated heterocycles. The molecule has 4 heterocycles. The van der Waals surface area contributed by atoms with Crippen molar-refractivity contribution in [2.75, 3.05) is 32.8 Å². The topological polar surface area (TPSA) is 42.0 Å². The van der Waals surface area contributed by atoms with E-state index in [9.17, 15) is 4.79 Å². The van der Waals surface area contributed by atoms with Gasteiger partial charge < -0.3 is 14.4 Å². The summed E-state index contributed by atoms with van der Waals surface area (Å²) in [5.41, 5.74) is 1.26. The van der Waals surface area contributed by atoms with Crippen molar-refractivity contribution in [2.45, 2.75) is 32.4 Å². The van der Waals surface area contributed by atoms with Gasteiger partial charge in [-0.2, -0.15) is 0 Å². The first-order chi connectivity index (χ1) is 11.2. The van der Waals surface area contributed by atoms with Crippen molar-refractivity contribution in [3.05, 3.63) is 23.8 Å². The lowest BCUT2D eigenvalue weighted by molar-refractivity contribution is -0.129. The van der Waals surface area contributed by atoms with Crippen LogP contribution in [0.3, 0.4) is 0 Å². The molecule has 3 fully saturated rings. The van der Waals surface area contributed by atoms with E-state index in [1.807, 2.05) is 11.0 Å². The van der Waals surface area contributed by atoms with Gasteiger partial charge in [-0.15, -0.1) is 0 Å². The van der Waals surface area contributed by atoms with E-state index in [0.717, 1.165) is 37.7 Å². The molecule has 1 aromatic rings. The van der Waals surface area contributed by atoms with Gasteiger partial charge >= 0.3 is 0 Å². The number of carbonyl (C=O) groups excluding carboxylic acids is 1. The maximum atomic E-state index is 11.8. The Kier molecular flexibility index (Phi) is 3.89. The smallest absolute Gasteiger partial charge is 0.219 e. The number of ether oxygens (including phenoxy) is 2. The zero-order valence-electron chi connectivity index (χ0n) is 13.7. The Hall–Kier alpha value is -1.75. The van der Waals surface area contributed by atoms with Crippen molar-refractivity contribution in [1.82, 2.24) is 9.80 Å². The monoisotopic (exact) mass is 316 g/mol. The highest BCUT2D eigenvalue weighted by molar-refractivity contribution is 5.73. The molecule has 0 radical (unpaired) electrons. The molecule has 0 aliphatic carbocycles. The molecule has 0 unspecified atom stereocenters. The molecule has 1 aromatic carbocycles. The fourth-order valence-electron chi connectivity index (χ4n) is 4.05.